The van der Waals surface area contributed by atoms with E-state index in [1.807, 2.05) is 6.07 Å². The fourth-order valence-electron chi connectivity index (χ4n) is 4.24. The molecule has 4 aromatic carbocycles. The van der Waals surface area contributed by atoms with Crippen molar-refractivity contribution in [2.75, 3.05) is 0 Å². The maximum absolute atomic E-state index is 15.1. The number of hydrogen-bond donors (Lipinski definition) is 0. The summed E-state index contributed by atoms with van der Waals surface area (Å²) < 4.78 is 81.0. The molecule has 0 heterocycles. The van der Waals surface area contributed by atoms with Crippen molar-refractivity contribution < 1.29 is 26.3 Å². The second-order valence-corrected chi connectivity index (χ2v) is 8.93. The first-order valence-corrected chi connectivity index (χ1v) is 12.1. The molecule has 190 valence electrons. The molecule has 0 saturated carbocycles. The fraction of sp³-hybridized carbons (Fsp3) is 0.226. The van der Waals surface area contributed by atoms with Crippen molar-refractivity contribution in [3.05, 3.63) is 106 Å². The molecule has 0 radical (unpaired) electrons. The highest BCUT2D eigenvalue weighted by molar-refractivity contribution is 5.89. The Morgan fingerprint density at radius 2 is 1.38 bits per heavy atom. The van der Waals surface area contributed by atoms with Crippen molar-refractivity contribution in [1.29, 1.82) is 0 Å². The van der Waals surface area contributed by atoms with Gasteiger partial charge in [-0.2, -0.15) is 13.2 Å². The van der Waals surface area contributed by atoms with E-state index in [2.05, 4.69) is 43.0 Å². The van der Waals surface area contributed by atoms with Gasteiger partial charge >= 0.3 is 6.18 Å². The van der Waals surface area contributed by atoms with Crippen molar-refractivity contribution in [2.45, 2.75) is 45.2 Å². The smallest absolute Gasteiger partial charge is 0.206 e. The number of hydrogen-bond acceptors (Lipinski definition) is 0. The van der Waals surface area contributed by atoms with Gasteiger partial charge in [-0.25, -0.2) is 13.2 Å². The first-order chi connectivity index (χ1) is 17.7. The maximum atomic E-state index is 15.1. The van der Waals surface area contributed by atoms with Crippen LogP contribution in [0.2, 0.25) is 0 Å². The second kappa shape index (κ2) is 11.1. The zero-order valence-corrected chi connectivity index (χ0v) is 20.2. The van der Waals surface area contributed by atoms with Crippen LogP contribution < -0.4 is 0 Å². The summed E-state index contributed by atoms with van der Waals surface area (Å²) in [5.41, 5.74) is 0.879. The number of fused-ring (bicyclic) bond motifs is 1. The molecule has 4 aromatic rings. The SMILES string of the molecule is CCCCCCc1ccc(-c2ccc3c(F)c(C#Cc4cc(F)c(C(F)(F)F)c(F)c4)ccc3c2)cc1. The lowest BCUT2D eigenvalue weighted by atomic mass is 9.97. The van der Waals surface area contributed by atoms with Gasteiger partial charge < -0.3 is 0 Å². The lowest BCUT2D eigenvalue weighted by Gasteiger charge is -2.09. The van der Waals surface area contributed by atoms with E-state index in [1.165, 1.54) is 30.9 Å². The minimum atomic E-state index is -5.17. The zero-order chi connectivity index (χ0) is 26.6. The van der Waals surface area contributed by atoms with Crippen LogP contribution >= 0.6 is 0 Å². The summed E-state index contributed by atoms with van der Waals surface area (Å²) in [6.07, 6.45) is 0.702. The molecule has 0 nitrogen and oxygen atoms in total. The molecule has 0 atom stereocenters. The minimum absolute atomic E-state index is 0.0339. The summed E-state index contributed by atoms with van der Waals surface area (Å²) in [6.45, 7) is 2.19. The number of unbranched alkanes of at least 4 members (excludes halogenated alkanes) is 3. The number of benzene rings is 4. The van der Waals surface area contributed by atoms with Crippen molar-refractivity contribution >= 4 is 10.8 Å². The molecule has 0 aromatic heterocycles. The summed E-state index contributed by atoms with van der Waals surface area (Å²) in [4.78, 5) is 0. The van der Waals surface area contributed by atoms with Gasteiger partial charge in [0.1, 0.15) is 23.0 Å². The number of aryl methyl sites for hydroxylation is 1. The van der Waals surface area contributed by atoms with Crippen molar-refractivity contribution in [3.63, 3.8) is 0 Å². The lowest BCUT2D eigenvalue weighted by molar-refractivity contribution is -0.142. The van der Waals surface area contributed by atoms with Gasteiger partial charge in [-0.3, -0.25) is 0 Å². The van der Waals surface area contributed by atoms with Crippen LogP contribution in [0.1, 0.15) is 54.9 Å². The molecular formula is C31H24F6. The van der Waals surface area contributed by atoms with Gasteiger partial charge in [0.2, 0.25) is 0 Å². The highest BCUT2D eigenvalue weighted by Gasteiger charge is 2.37. The number of rotatable bonds is 6. The van der Waals surface area contributed by atoms with Crippen LogP contribution in [0.15, 0.2) is 66.7 Å². The largest absolute Gasteiger partial charge is 0.422 e. The number of alkyl halides is 3. The molecule has 4 rings (SSSR count). The molecule has 0 fully saturated rings. The normalized spacial score (nSPS) is 11.4. The van der Waals surface area contributed by atoms with E-state index in [4.69, 9.17) is 0 Å². The Balaban J connectivity index is 1.56. The van der Waals surface area contributed by atoms with Gasteiger partial charge in [-0.05, 0) is 59.2 Å². The summed E-state index contributed by atoms with van der Waals surface area (Å²) in [5, 5.41) is 0.962. The van der Waals surface area contributed by atoms with Gasteiger partial charge in [-0.15, -0.1) is 0 Å². The van der Waals surface area contributed by atoms with Crippen LogP contribution in [0.3, 0.4) is 0 Å². The summed E-state index contributed by atoms with van der Waals surface area (Å²) in [5.74, 6) is 0.665. The van der Waals surface area contributed by atoms with E-state index in [0.29, 0.717) is 22.9 Å². The third-order valence-corrected chi connectivity index (χ3v) is 6.23. The van der Waals surface area contributed by atoms with Gasteiger partial charge in [-0.1, -0.05) is 80.5 Å². The Labute approximate surface area is 212 Å². The van der Waals surface area contributed by atoms with Crippen LogP contribution in [0.5, 0.6) is 0 Å². The standard InChI is InChI=1S/C31H24F6/c1-2-3-4-5-6-20-7-10-22(11-8-20)24-15-16-26-25(19-24)14-13-23(30(26)34)12-9-21-17-27(32)29(28(33)18-21)31(35,36)37/h7-8,10-11,13-19H,2-6H2,1H3. The monoisotopic (exact) mass is 510 g/mol. The minimum Gasteiger partial charge on any atom is -0.206 e. The summed E-state index contributed by atoms with van der Waals surface area (Å²) in [6, 6.07) is 17.7. The molecule has 0 N–H and O–H groups in total. The van der Waals surface area contributed by atoms with Crippen LogP contribution in [0.4, 0.5) is 26.3 Å². The number of halogens is 6. The molecule has 0 aliphatic heterocycles. The van der Waals surface area contributed by atoms with E-state index < -0.39 is 29.2 Å². The third-order valence-electron chi connectivity index (χ3n) is 6.23. The predicted octanol–water partition coefficient (Wildman–Crippen LogP) is 9.47. The molecule has 0 spiro atoms. The summed E-state index contributed by atoms with van der Waals surface area (Å²) >= 11 is 0. The van der Waals surface area contributed by atoms with E-state index >= 15 is 4.39 Å². The fourth-order valence-corrected chi connectivity index (χ4v) is 4.24. The average Bonchev–Trinajstić information content (AvgIpc) is 2.85. The molecule has 0 unspecified atom stereocenters. The Kier molecular flexibility index (Phi) is 7.92. The van der Waals surface area contributed by atoms with Crippen LogP contribution in [0, 0.1) is 29.3 Å². The predicted molar refractivity (Wildman–Crippen MR) is 135 cm³/mol. The van der Waals surface area contributed by atoms with Crippen LogP contribution in [0.25, 0.3) is 21.9 Å². The van der Waals surface area contributed by atoms with Gasteiger partial charge in [0.15, 0.2) is 0 Å². The molecular weight excluding hydrogens is 486 g/mol. The van der Waals surface area contributed by atoms with Gasteiger partial charge in [0, 0.05) is 10.9 Å². The van der Waals surface area contributed by atoms with Crippen molar-refractivity contribution in [3.8, 4) is 23.0 Å². The second-order valence-electron chi connectivity index (χ2n) is 8.93. The summed E-state index contributed by atoms with van der Waals surface area (Å²) in [7, 11) is 0. The molecule has 0 aliphatic rings. The molecule has 0 amide bonds. The molecule has 6 heteroatoms. The van der Waals surface area contributed by atoms with E-state index in [9.17, 15) is 22.0 Å². The first kappa shape index (κ1) is 26.3. The van der Waals surface area contributed by atoms with E-state index in [0.717, 1.165) is 24.0 Å². The first-order valence-electron chi connectivity index (χ1n) is 12.1. The molecule has 37 heavy (non-hydrogen) atoms. The third kappa shape index (κ3) is 6.17. The Hall–Kier alpha value is -3.72. The average molecular weight is 511 g/mol. The lowest BCUT2D eigenvalue weighted by Crippen LogP contribution is -2.11. The zero-order valence-electron chi connectivity index (χ0n) is 20.2. The molecule has 0 saturated heterocycles. The van der Waals surface area contributed by atoms with Gasteiger partial charge in [0.05, 0.1) is 5.56 Å². The topological polar surface area (TPSA) is 0 Å². The maximum Gasteiger partial charge on any atom is 0.422 e. The van der Waals surface area contributed by atoms with E-state index in [-0.39, 0.29) is 11.1 Å². The van der Waals surface area contributed by atoms with Crippen molar-refractivity contribution in [2.24, 2.45) is 0 Å². The van der Waals surface area contributed by atoms with E-state index in [1.54, 1.807) is 18.2 Å². The Morgan fingerprint density at radius 3 is 2.03 bits per heavy atom. The Bertz CT molecular complexity index is 1450. The van der Waals surface area contributed by atoms with Crippen LogP contribution in [-0.4, -0.2) is 0 Å². The van der Waals surface area contributed by atoms with Crippen LogP contribution in [-0.2, 0) is 12.6 Å². The Morgan fingerprint density at radius 1 is 0.703 bits per heavy atom. The molecule has 0 aliphatic carbocycles. The quantitative estimate of drug-likeness (QED) is 0.138. The van der Waals surface area contributed by atoms with Crippen molar-refractivity contribution in [1.82, 2.24) is 0 Å². The highest BCUT2D eigenvalue weighted by Crippen LogP contribution is 2.34. The highest BCUT2D eigenvalue weighted by atomic mass is 19.4. The molecule has 0 bridgehead atoms. The van der Waals surface area contributed by atoms with Gasteiger partial charge in [0.25, 0.3) is 0 Å².